The number of phenols is 1. The van der Waals surface area contributed by atoms with Crippen LogP contribution in [0.15, 0.2) is 79.4 Å². The Morgan fingerprint density at radius 1 is 0.848 bits per heavy atom. The molecule has 7 nitrogen and oxygen atoms in total. The summed E-state index contributed by atoms with van der Waals surface area (Å²) in [5.74, 6) is 1.74. The number of nitrogens with zero attached hydrogens (tertiary/aromatic N) is 5. The monoisotopic (exact) mass is 433 g/mol. The van der Waals surface area contributed by atoms with Crippen LogP contribution in [0, 0.1) is 0 Å². The van der Waals surface area contributed by atoms with Gasteiger partial charge >= 0.3 is 0 Å². The van der Waals surface area contributed by atoms with Crippen LogP contribution in [0.1, 0.15) is 12.5 Å². The first kappa shape index (κ1) is 19.2. The van der Waals surface area contributed by atoms with Crippen LogP contribution in [0.25, 0.3) is 38.7 Å². The lowest BCUT2D eigenvalue weighted by Gasteiger charge is -2.11. The molecule has 0 fully saturated rings. The minimum atomic E-state index is 0.137. The lowest BCUT2D eigenvalue weighted by molar-refractivity contribution is 0.459. The number of pyridine rings is 1. The van der Waals surface area contributed by atoms with Crippen molar-refractivity contribution in [2.45, 2.75) is 13.3 Å². The highest BCUT2D eigenvalue weighted by atomic mass is 16.5. The highest BCUT2D eigenvalue weighted by Crippen LogP contribution is 2.35. The number of ether oxygens (including phenoxy) is 1. The van der Waals surface area contributed by atoms with Gasteiger partial charge in [0.05, 0.1) is 11.0 Å². The van der Waals surface area contributed by atoms with Crippen molar-refractivity contribution in [3.05, 3.63) is 84.9 Å². The lowest BCUT2D eigenvalue weighted by Crippen LogP contribution is -2.00. The minimum absolute atomic E-state index is 0.137. The zero-order valence-corrected chi connectivity index (χ0v) is 17.8. The quantitative estimate of drug-likeness (QED) is 0.391. The number of hydrogen-bond donors (Lipinski definition) is 1. The van der Waals surface area contributed by atoms with E-state index in [1.165, 1.54) is 12.7 Å². The van der Waals surface area contributed by atoms with Crippen molar-refractivity contribution in [1.29, 1.82) is 0 Å². The highest BCUT2D eigenvalue weighted by molar-refractivity contribution is 6.09. The van der Waals surface area contributed by atoms with Gasteiger partial charge < -0.3 is 9.84 Å². The average Bonchev–Trinajstić information content (AvgIpc) is 3.18. The molecule has 33 heavy (non-hydrogen) atoms. The summed E-state index contributed by atoms with van der Waals surface area (Å²) in [5.41, 5.74) is 3.51. The fraction of sp³-hybridized carbons (Fsp3) is 0.0769. The van der Waals surface area contributed by atoms with Crippen LogP contribution in [0.5, 0.6) is 17.4 Å². The van der Waals surface area contributed by atoms with Crippen LogP contribution in [0.3, 0.4) is 0 Å². The van der Waals surface area contributed by atoms with Crippen LogP contribution in [0.4, 0.5) is 0 Å². The van der Waals surface area contributed by atoms with E-state index in [4.69, 9.17) is 4.74 Å². The molecule has 0 spiro atoms. The van der Waals surface area contributed by atoms with Gasteiger partial charge in [-0.3, -0.25) is 4.57 Å². The van der Waals surface area contributed by atoms with Crippen LogP contribution in [-0.4, -0.2) is 29.6 Å². The molecule has 0 amide bonds. The van der Waals surface area contributed by atoms with Gasteiger partial charge in [0.25, 0.3) is 0 Å². The number of benzene rings is 3. The van der Waals surface area contributed by atoms with Crippen molar-refractivity contribution >= 4 is 32.7 Å². The van der Waals surface area contributed by atoms with Gasteiger partial charge in [0.2, 0.25) is 11.8 Å². The van der Waals surface area contributed by atoms with E-state index in [-0.39, 0.29) is 5.75 Å². The smallest absolute Gasteiger partial charge is 0.237 e. The van der Waals surface area contributed by atoms with E-state index in [2.05, 4.69) is 32.9 Å². The van der Waals surface area contributed by atoms with E-state index >= 15 is 0 Å². The molecule has 3 heterocycles. The van der Waals surface area contributed by atoms with E-state index in [1.54, 1.807) is 6.07 Å². The Hall–Kier alpha value is -4.52. The van der Waals surface area contributed by atoms with Gasteiger partial charge in [-0.1, -0.05) is 37.3 Å². The molecule has 160 valence electrons. The van der Waals surface area contributed by atoms with Crippen molar-refractivity contribution in [2.75, 3.05) is 0 Å². The first-order valence-corrected chi connectivity index (χ1v) is 10.7. The summed E-state index contributed by atoms with van der Waals surface area (Å²) in [4.78, 5) is 17.2. The second kappa shape index (κ2) is 7.56. The number of aromatic nitrogens is 5. The maximum Gasteiger partial charge on any atom is 0.237 e. The summed E-state index contributed by atoms with van der Waals surface area (Å²) >= 11 is 0. The molecule has 0 saturated carbocycles. The van der Waals surface area contributed by atoms with Crippen molar-refractivity contribution in [2.24, 2.45) is 0 Å². The molecule has 6 aromatic rings. The van der Waals surface area contributed by atoms with Crippen LogP contribution < -0.4 is 4.74 Å². The number of para-hydroxylation sites is 2. The Morgan fingerprint density at radius 3 is 2.48 bits per heavy atom. The molecule has 7 heteroatoms. The summed E-state index contributed by atoms with van der Waals surface area (Å²) in [5, 5.41) is 13.4. The number of aryl methyl sites for hydroxylation is 1. The van der Waals surface area contributed by atoms with Gasteiger partial charge in [0.15, 0.2) is 0 Å². The van der Waals surface area contributed by atoms with Gasteiger partial charge in [0.1, 0.15) is 29.7 Å². The Labute approximate surface area is 189 Å². The van der Waals surface area contributed by atoms with Crippen LogP contribution >= 0.6 is 0 Å². The molecule has 3 aromatic carbocycles. The highest BCUT2D eigenvalue weighted by Gasteiger charge is 2.15. The molecule has 0 aliphatic heterocycles. The standard InChI is InChI=1S/C26H19N5O2/c1-2-16-12-24(30-25-18(16)7-5-9-23(25)32)33-17-10-11-20-19-6-3-4-8-21(19)31(22(20)13-17)26-28-14-27-15-29-26/h3-15,32H,2H2,1H3. The van der Waals surface area contributed by atoms with E-state index < -0.39 is 0 Å². The topological polar surface area (TPSA) is 86.0 Å². The Bertz CT molecular complexity index is 1640. The molecule has 0 unspecified atom stereocenters. The molecule has 0 aliphatic carbocycles. The summed E-state index contributed by atoms with van der Waals surface area (Å²) < 4.78 is 8.19. The second-order valence-electron chi connectivity index (χ2n) is 7.72. The Kier molecular flexibility index (Phi) is 4.40. The van der Waals surface area contributed by atoms with E-state index in [1.807, 2.05) is 59.2 Å². The third-order valence-electron chi connectivity index (χ3n) is 5.81. The van der Waals surface area contributed by atoms with Gasteiger partial charge in [-0.15, -0.1) is 0 Å². The maximum absolute atomic E-state index is 10.3. The summed E-state index contributed by atoms with van der Waals surface area (Å²) in [7, 11) is 0. The van der Waals surface area contributed by atoms with E-state index in [9.17, 15) is 5.11 Å². The maximum atomic E-state index is 10.3. The van der Waals surface area contributed by atoms with Crippen LogP contribution in [-0.2, 0) is 6.42 Å². The van der Waals surface area contributed by atoms with Crippen molar-refractivity contribution < 1.29 is 9.84 Å². The Morgan fingerprint density at radius 2 is 1.64 bits per heavy atom. The predicted molar refractivity (Wildman–Crippen MR) is 127 cm³/mol. The molecule has 0 atom stereocenters. The third-order valence-corrected chi connectivity index (χ3v) is 5.81. The van der Waals surface area contributed by atoms with Crippen LogP contribution in [0.2, 0.25) is 0 Å². The molecular weight excluding hydrogens is 414 g/mol. The van der Waals surface area contributed by atoms with Gasteiger partial charge in [-0.2, -0.15) is 0 Å². The molecule has 1 N–H and O–H groups in total. The SMILES string of the molecule is CCc1cc(Oc2ccc3c4ccccc4n(-c4ncncn4)c3c2)nc2c(O)cccc12. The molecule has 0 bridgehead atoms. The van der Waals surface area contributed by atoms with Gasteiger partial charge in [0, 0.05) is 28.3 Å². The third kappa shape index (κ3) is 3.13. The number of aromatic hydroxyl groups is 1. The summed E-state index contributed by atoms with van der Waals surface area (Å²) in [6, 6.07) is 21.4. The van der Waals surface area contributed by atoms with Gasteiger partial charge in [-0.25, -0.2) is 19.9 Å². The molecular formula is C26H19N5O2. The molecule has 0 saturated heterocycles. The Balaban J connectivity index is 1.52. The zero-order valence-electron chi connectivity index (χ0n) is 17.8. The number of hydrogen-bond acceptors (Lipinski definition) is 6. The lowest BCUT2D eigenvalue weighted by atomic mass is 10.1. The minimum Gasteiger partial charge on any atom is -0.506 e. The normalized spacial score (nSPS) is 11.4. The number of phenolic OH excluding ortho intramolecular Hbond substituents is 1. The molecule has 6 rings (SSSR count). The summed E-state index contributed by atoms with van der Waals surface area (Å²) in [6.07, 6.45) is 3.77. The van der Waals surface area contributed by atoms with Crippen molar-refractivity contribution in [3.8, 4) is 23.3 Å². The van der Waals surface area contributed by atoms with Crippen molar-refractivity contribution in [1.82, 2.24) is 24.5 Å². The second-order valence-corrected chi connectivity index (χ2v) is 7.72. The fourth-order valence-corrected chi connectivity index (χ4v) is 4.32. The fourth-order valence-electron chi connectivity index (χ4n) is 4.32. The largest absolute Gasteiger partial charge is 0.506 e. The average molecular weight is 433 g/mol. The number of rotatable bonds is 4. The summed E-state index contributed by atoms with van der Waals surface area (Å²) in [6.45, 7) is 2.07. The number of fused-ring (bicyclic) bond motifs is 4. The molecule has 3 aromatic heterocycles. The van der Waals surface area contributed by atoms with E-state index in [0.717, 1.165) is 39.2 Å². The first-order valence-electron chi connectivity index (χ1n) is 10.7. The molecule has 0 radical (unpaired) electrons. The van der Waals surface area contributed by atoms with Crippen molar-refractivity contribution in [3.63, 3.8) is 0 Å². The zero-order chi connectivity index (χ0) is 22.4. The first-order chi connectivity index (χ1) is 16.2. The molecule has 0 aliphatic rings. The predicted octanol–water partition coefficient (Wildman–Crippen LogP) is 5.58. The van der Waals surface area contributed by atoms with Gasteiger partial charge in [-0.05, 0) is 36.2 Å². The van der Waals surface area contributed by atoms with E-state index in [0.29, 0.717) is 23.1 Å².